The Morgan fingerprint density at radius 3 is 2.82 bits per heavy atom. The molecule has 1 rings (SSSR count). The van der Waals surface area contributed by atoms with E-state index in [1.54, 1.807) is 7.11 Å². The highest BCUT2D eigenvalue weighted by molar-refractivity contribution is 6.30. The molecule has 0 radical (unpaired) electrons. The molecule has 4 heteroatoms. The van der Waals surface area contributed by atoms with Crippen LogP contribution in [-0.4, -0.2) is 26.4 Å². The third-order valence-corrected chi connectivity index (χ3v) is 2.46. The molecule has 0 saturated heterocycles. The van der Waals surface area contributed by atoms with Gasteiger partial charge in [0.1, 0.15) is 5.75 Å². The predicted octanol–water partition coefficient (Wildman–Crippen LogP) is 3.58. The van der Waals surface area contributed by atoms with Gasteiger partial charge in [-0.25, -0.2) is 0 Å². The Balaban J connectivity index is 2.75. The molecule has 1 atom stereocenters. The highest BCUT2D eigenvalue weighted by Crippen LogP contribution is 2.28. The maximum atomic E-state index is 5.98. The summed E-state index contributed by atoms with van der Waals surface area (Å²) in [6, 6.07) is 5.81. The molecule has 17 heavy (non-hydrogen) atoms. The largest absolute Gasteiger partial charge is 0.491 e. The van der Waals surface area contributed by atoms with Crippen molar-refractivity contribution in [3.63, 3.8) is 0 Å². The summed E-state index contributed by atoms with van der Waals surface area (Å²) >= 11 is 5.98. The number of ether oxygens (including phenoxy) is 2. The number of anilines is 1. The molecule has 1 aromatic rings. The first-order valence-electron chi connectivity index (χ1n) is 5.85. The zero-order valence-electron chi connectivity index (χ0n) is 10.6. The molecule has 0 aliphatic carbocycles. The van der Waals surface area contributed by atoms with Crippen molar-refractivity contribution in [3.8, 4) is 5.75 Å². The van der Waals surface area contributed by atoms with E-state index in [-0.39, 0.29) is 6.04 Å². The lowest BCUT2D eigenvalue weighted by atomic mass is 10.2. The van der Waals surface area contributed by atoms with Gasteiger partial charge < -0.3 is 14.8 Å². The van der Waals surface area contributed by atoms with Gasteiger partial charge in [0.2, 0.25) is 0 Å². The van der Waals surface area contributed by atoms with E-state index >= 15 is 0 Å². The summed E-state index contributed by atoms with van der Waals surface area (Å²) in [5, 5.41) is 4.02. The van der Waals surface area contributed by atoms with Gasteiger partial charge in [0, 0.05) is 18.2 Å². The van der Waals surface area contributed by atoms with Crippen LogP contribution in [0.3, 0.4) is 0 Å². The Hall–Kier alpha value is -0.930. The van der Waals surface area contributed by atoms with Crippen LogP contribution in [0.4, 0.5) is 5.69 Å². The summed E-state index contributed by atoms with van der Waals surface area (Å²) < 4.78 is 10.7. The summed E-state index contributed by atoms with van der Waals surface area (Å²) in [6.45, 7) is 5.47. The lowest BCUT2D eigenvalue weighted by Crippen LogP contribution is -2.21. The second kappa shape index (κ2) is 7.41. The van der Waals surface area contributed by atoms with Crippen LogP contribution >= 0.6 is 11.6 Å². The minimum absolute atomic E-state index is 0.211. The number of hydrogen-bond donors (Lipinski definition) is 1. The smallest absolute Gasteiger partial charge is 0.142 e. The third kappa shape index (κ3) is 4.84. The van der Waals surface area contributed by atoms with Crippen molar-refractivity contribution in [2.45, 2.75) is 26.3 Å². The van der Waals surface area contributed by atoms with Crippen molar-refractivity contribution in [3.05, 3.63) is 23.2 Å². The van der Waals surface area contributed by atoms with Gasteiger partial charge in [-0.3, -0.25) is 0 Å². The van der Waals surface area contributed by atoms with E-state index in [9.17, 15) is 0 Å². The van der Waals surface area contributed by atoms with Crippen LogP contribution in [0.25, 0.3) is 0 Å². The number of halogens is 1. The number of benzene rings is 1. The fourth-order valence-corrected chi connectivity index (χ4v) is 1.68. The van der Waals surface area contributed by atoms with E-state index in [0.717, 1.165) is 17.9 Å². The molecule has 0 heterocycles. The molecule has 0 aliphatic rings. The number of hydrogen-bond acceptors (Lipinski definition) is 3. The van der Waals surface area contributed by atoms with Crippen molar-refractivity contribution in [2.24, 2.45) is 0 Å². The van der Waals surface area contributed by atoms with E-state index in [4.69, 9.17) is 21.1 Å². The van der Waals surface area contributed by atoms with Crippen LogP contribution < -0.4 is 10.1 Å². The van der Waals surface area contributed by atoms with E-state index < -0.39 is 0 Å². The standard InChI is InChI=1S/C13H20ClNO2/c1-4-7-17-13-6-5-11(14)8-12(13)15-10(2)9-16-3/h5-6,8,10,15H,4,7,9H2,1-3H3. The van der Waals surface area contributed by atoms with Crippen LogP contribution in [0.1, 0.15) is 20.3 Å². The highest BCUT2D eigenvalue weighted by atomic mass is 35.5. The Morgan fingerprint density at radius 1 is 1.41 bits per heavy atom. The van der Waals surface area contributed by atoms with Crippen molar-refractivity contribution in [1.82, 2.24) is 0 Å². The maximum Gasteiger partial charge on any atom is 0.142 e. The Kier molecular flexibility index (Phi) is 6.16. The van der Waals surface area contributed by atoms with Crippen LogP contribution in [0.15, 0.2) is 18.2 Å². The van der Waals surface area contributed by atoms with Gasteiger partial charge in [-0.1, -0.05) is 18.5 Å². The summed E-state index contributed by atoms with van der Waals surface area (Å²) in [5.41, 5.74) is 0.913. The maximum absolute atomic E-state index is 5.98. The summed E-state index contributed by atoms with van der Waals surface area (Å²) in [5.74, 6) is 0.833. The van der Waals surface area contributed by atoms with Gasteiger partial charge in [0.15, 0.2) is 0 Å². The molecule has 1 aromatic carbocycles. The first-order chi connectivity index (χ1) is 8.17. The molecule has 3 nitrogen and oxygen atoms in total. The molecule has 0 saturated carbocycles. The monoisotopic (exact) mass is 257 g/mol. The van der Waals surface area contributed by atoms with Crippen LogP contribution in [-0.2, 0) is 4.74 Å². The average Bonchev–Trinajstić information content (AvgIpc) is 2.28. The van der Waals surface area contributed by atoms with Crippen LogP contribution in [0, 0.1) is 0 Å². The number of rotatable bonds is 7. The highest BCUT2D eigenvalue weighted by Gasteiger charge is 2.08. The van der Waals surface area contributed by atoms with Crippen molar-refractivity contribution < 1.29 is 9.47 Å². The van der Waals surface area contributed by atoms with E-state index in [0.29, 0.717) is 18.2 Å². The minimum atomic E-state index is 0.211. The zero-order chi connectivity index (χ0) is 12.7. The van der Waals surface area contributed by atoms with Gasteiger partial charge in [-0.15, -0.1) is 0 Å². The average molecular weight is 258 g/mol. The van der Waals surface area contributed by atoms with E-state index in [2.05, 4.69) is 12.2 Å². The second-order valence-electron chi connectivity index (χ2n) is 3.99. The predicted molar refractivity (Wildman–Crippen MR) is 72.2 cm³/mol. The molecular formula is C13H20ClNO2. The molecular weight excluding hydrogens is 238 g/mol. The molecule has 1 N–H and O–H groups in total. The van der Waals surface area contributed by atoms with Gasteiger partial charge >= 0.3 is 0 Å². The molecule has 1 unspecified atom stereocenters. The van der Waals surface area contributed by atoms with Crippen molar-refractivity contribution in [1.29, 1.82) is 0 Å². The SMILES string of the molecule is CCCOc1ccc(Cl)cc1NC(C)COC. The Morgan fingerprint density at radius 2 is 2.18 bits per heavy atom. The lowest BCUT2D eigenvalue weighted by Gasteiger charge is -2.18. The van der Waals surface area contributed by atoms with Crippen LogP contribution in [0.2, 0.25) is 5.02 Å². The van der Waals surface area contributed by atoms with Gasteiger partial charge in [-0.05, 0) is 31.5 Å². The molecule has 96 valence electrons. The quantitative estimate of drug-likeness (QED) is 0.810. The summed E-state index contributed by atoms with van der Waals surface area (Å²) in [7, 11) is 1.69. The molecule has 0 bridgehead atoms. The Bertz CT molecular complexity index is 344. The molecule has 0 aromatic heterocycles. The number of nitrogens with one attached hydrogen (secondary N) is 1. The third-order valence-electron chi connectivity index (χ3n) is 2.22. The minimum Gasteiger partial charge on any atom is -0.491 e. The number of methoxy groups -OCH3 is 1. The van der Waals surface area contributed by atoms with Crippen molar-refractivity contribution >= 4 is 17.3 Å². The fraction of sp³-hybridized carbons (Fsp3) is 0.538. The fourth-order valence-electron chi connectivity index (χ4n) is 1.51. The molecule has 0 amide bonds. The normalized spacial score (nSPS) is 12.2. The lowest BCUT2D eigenvalue weighted by molar-refractivity contribution is 0.190. The summed E-state index contributed by atoms with van der Waals surface area (Å²) in [4.78, 5) is 0. The summed E-state index contributed by atoms with van der Waals surface area (Å²) in [6.07, 6.45) is 0.982. The second-order valence-corrected chi connectivity index (χ2v) is 4.43. The van der Waals surface area contributed by atoms with Gasteiger partial charge in [-0.2, -0.15) is 0 Å². The van der Waals surface area contributed by atoms with E-state index in [1.165, 1.54) is 0 Å². The van der Waals surface area contributed by atoms with Gasteiger partial charge in [0.25, 0.3) is 0 Å². The Labute approximate surface area is 108 Å². The van der Waals surface area contributed by atoms with E-state index in [1.807, 2.05) is 25.1 Å². The zero-order valence-corrected chi connectivity index (χ0v) is 11.4. The van der Waals surface area contributed by atoms with Crippen LogP contribution in [0.5, 0.6) is 5.75 Å². The first kappa shape index (κ1) is 14.1. The molecule has 0 spiro atoms. The first-order valence-corrected chi connectivity index (χ1v) is 6.23. The topological polar surface area (TPSA) is 30.5 Å². The van der Waals surface area contributed by atoms with Crippen molar-refractivity contribution in [2.75, 3.05) is 25.6 Å². The molecule has 0 aliphatic heterocycles. The molecule has 0 fully saturated rings. The van der Waals surface area contributed by atoms with Gasteiger partial charge in [0.05, 0.1) is 18.9 Å².